The van der Waals surface area contributed by atoms with Crippen molar-refractivity contribution in [3.8, 4) is 0 Å². The fourth-order valence-electron chi connectivity index (χ4n) is 3.05. The molecule has 0 spiro atoms. The number of rotatable bonds is 3. The van der Waals surface area contributed by atoms with E-state index in [-0.39, 0.29) is 5.91 Å². The van der Waals surface area contributed by atoms with E-state index in [0.717, 1.165) is 36.4 Å². The van der Waals surface area contributed by atoms with Gasteiger partial charge in [-0.1, -0.05) is 18.2 Å². The summed E-state index contributed by atoms with van der Waals surface area (Å²) in [6.07, 6.45) is 3.39. The second kappa shape index (κ2) is 6.94. The van der Waals surface area contributed by atoms with Gasteiger partial charge in [-0.3, -0.25) is 19.7 Å². The molecule has 3 heterocycles. The second-order valence-electron chi connectivity index (χ2n) is 6.13. The van der Waals surface area contributed by atoms with Crippen LogP contribution in [0.25, 0.3) is 11.0 Å². The zero-order valence-electron chi connectivity index (χ0n) is 13.9. The largest absolute Gasteiger partial charge is 0.335 e. The third-order valence-electron chi connectivity index (χ3n) is 4.44. The molecular weight excluding hydrogens is 314 g/mol. The number of aromatic nitrogens is 3. The number of fused-ring (bicyclic) bond motifs is 1. The number of para-hydroxylation sites is 2. The topological polar surface area (TPSA) is 62.2 Å². The predicted molar refractivity (Wildman–Crippen MR) is 95.0 cm³/mol. The minimum atomic E-state index is -0.0456. The van der Waals surface area contributed by atoms with Gasteiger partial charge < -0.3 is 4.90 Å². The molecule has 0 bridgehead atoms. The lowest BCUT2D eigenvalue weighted by Gasteiger charge is -2.34. The van der Waals surface area contributed by atoms with Gasteiger partial charge in [-0.05, 0) is 24.3 Å². The lowest BCUT2D eigenvalue weighted by molar-refractivity contribution is 0.0621. The van der Waals surface area contributed by atoms with Gasteiger partial charge in [-0.25, -0.2) is 4.98 Å². The van der Waals surface area contributed by atoms with Crippen LogP contribution < -0.4 is 0 Å². The number of nitrogens with zero attached hydrogens (tertiary/aromatic N) is 5. The fraction of sp³-hybridized carbons (Fsp3) is 0.263. The minimum absolute atomic E-state index is 0.0456. The third kappa shape index (κ3) is 3.49. The fourth-order valence-corrected chi connectivity index (χ4v) is 3.05. The first kappa shape index (κ1) is 15.7. The Bertz CT molecular complexity index is 875. The number of hydrogen-bond acceptors (Lipinski definition) is 5. The molecule has 3 aromatic rings. The summed E-state index contributed by atoms with van der Waals surface area (Å²) in [4.78, 5) is 30.0. The van der Waals surface area contributed by atoms with E-state index >= 15 is 0 Å². The number of amides is 1. The first-order valence-corrected chi connectivity index (χ1v) is 8.43. The maximum atomic E-state index is 12.7. The minimum Gasteiger partial charge on any atom is -0.335 e. The highest BCUT2D eigenvalue weighted by Crippen LogP contribution is 2.12. The Labute approximate surface area is 146 Å². The molecule has 6 nitrogen and oxygen atoms in total. The molecule has 2 aromatic heterocycles. The van der Waals surface area contributed by atoms with Gasteiger partial charge in [-0.15, -0.1) is 0 Å². The van der Waals surface area contributed by atoms with Gasteiger partial charge in [0.15, 0.2) is 0 Å². The first-order valence-electron chi connectivity index (χ1n) is 8.43. The van der Waals surface area contributed by atoms with Gasteiger partial charge in [0.05, 0.1) is 22.9 Å². The molecule has 0 unspecified atom stereocenters. The molecule has 0 saturated carbocycles. The third-order valence-corrected chi connectivity index (χ3v) is 4.44. The summed E-state index contributed by atoms with van der Waals surface area (Å²) in [5, 5.41) is 0. The maximum absolute atomic E-state index is 12.7. The summed E-state index contributed by atoms with van der Waals surface area (Å²) in [7, 11) is 0. The molecule has 25 heavy (non-hydrogen) atoms. The van der Waals surface area contributed by atoms with Crippen LogP contribution in [0, 0.1) is 0 Å². The van der Waals surface area contributed by atoms with Crippen LogP contribution >= 0.6 is 0 Å². The van der Waals surface area contributed by atoms with Gasteiger partial charge in [0.2, 0.25) is 0 Å². The lowest BCUT2D eigenvalue weighted by atomic mass is 10.2. The van der Waals surface area contributed by atoms with Crippen molar-refractivity contribution < 1.29 is 4.79 Å². The number of benzene rings is 1. The van der Waals surface area contributed by atoms with Crippen LogP contribution in [-0.4, -0.2) is 56.8 Å². The molecule has 0 aliphatic carbocycles. The van der Waals surface area contributed by atoms with E-state index in [1.807, 2.05) is 53.6 Å². The van der Waals surface area contributed by atoms with Crippen molar-refractivity contribution >= 4 is 16.9 Å². The van der Waals surface area contributed by atoms with Gasteiger partial charge in [0.1, 0.15) is 5.69 Å². The Morgan fingerprint density at radius 1 is 0.920 bits per heavy atom. The van der Waals surface area contributed by atoms with Crippen molar-refractivity contribution in [1.82, 2.24) is 24.8 Å². The van der Waals surface area contributed by atoms with Crippen LogP contribution in [-0.2, 0) is 6.54 Å². The Hall–Kier alpha value is -2.86. The van der Waals surface area contributed by atoms with E-state index in [4.69, 9.17) is 0 Å². The molecule has 0 atom stereocenters. The summed E-state index contributed by atoms with van der Waals surface area (Å²) < 4.78 is 0. The maximum Gasteiger partial charge on any atom is 0.274 e. The molecule has 6 heteroatoms. The van der Waals surface area contributed by atoms with Crippen LogP contribution in [0.2, 0.25) is 0 Å². The Morgan fingerprint density at radius 3 is 2.44 bits per heavy atom. The van der Waals surface area contributed by atoms with Crippen LogP contribution in [0.15, 0.2) is 54.9 Å². The summed E-state index contributed by atoms with van der Waals surface area (Å²) in [5.74, 6) is -0.0456. The SMILES string of the molecule is O=C(c1cnc2ccccc2n1)N1CCN(Cc2ccccn2)CC1. The van der Waals surface area contributed by atoms with Crippen LogP contribution in [0.4, 0.5) is 0 Å². The Kier molecular flexibility index (Phi) is 4.35. The average molecular weight is 333 g/mol. The molecular formula is C19H19N5O. The van der Waals surface area contributed by atoms with Crippen molar-refractivity contribution in [2.45, 2.75) is 6.54 Å². The quantitative estimate of drug-likeness (QED) is 0.733. The molecule has 1 aliphatic heterocycles. The second-order valence-corrected chi connectivity index (χ2v) is 6.13. The van der Waals surface area contributed by atoms with Crippen molar-refractivity contribution in [2.75, 3.05) is 26.2 Å². The van der Waals surface area contributed by atoms with Crippen molar-refractivity contribution in [2.24, 2.45) is 0 Å². The summed E-state index contributed by atoms with van der Waals surface area (Å²) >= 11 is 0. The molecule has 126 valence electrons. The molecule has 1 aromatic carbocycles. The number of piperazine rings is 1. The van der Waals surface area contributed by atoms with Crippen LogP contribution in [0.3, 0.4) is 0 Å². The first-order chi connectivity index (χ1) is 12.3. The van der Waals surface area contributed by atoms with E-state index in [1.165, 1.54) is 0 Å². The average Bonchev–Trinajstić information content (AvgIpc) is 2.68. The Morgan fingerprint density at radius 2 is 1.68 bits per heavy atom. The van der Waals surface area contributed by atoms with Crippen molar-refractivity contribution in [3.05, 3.63) is 66.2 Å². The van der Waals surface area contributed by atoms with Crippen molar-refractivity contribution in [3.63, 3.8) is 0 Å². The molecule has 0 radical (unpaired) electrons. The molecule has 0 N–H and O–H groups in total. The normalized spacial score (nSPS) is 15.4. The highest BCUT2D eigenvalue weighted by molar-refractivity contribution is 5.93. The number of carbonyl (C=O) groups excluding carboxylic acids is 1. The lowest BCUT2D eigenvalue weighted by Crippen LogP contribution is -2.48. The number of pyridine rings is 1. The van der Waals surface area contributed by atoms with Crippen molar-refractivity contribution in [1.29, 1.82) is 0 Å². The number of carbonyl (C=O) groups is 1. The standard InChI is InChI=1S/C19H19N5O/c25-19(18-13-21-16-6-1-2-7-17(16)22-18)24-11-9-23(10-12-24)14-15-5-3-4-8-20-15/h1-8,13H,9-12,14H2. The number of hydrogen-bond donors (Lipinski definition) is 0. The summed E-state index contributed by atoms with van der Waals surface area (Å²) in [6.45, 7) is 3.88. The molecule has 1 amide bonds. The molecule has 1 saturated heterocycles. The van der Waals surface area contributed by atoms with Gasteiger partial charge >= 0.3 is 0 Å². The summed E-state index contributed by atoms with van der Waals surface area (Å²) in [6, 6.07) is 13.5. The monoisotopic (exact) mass is 333 g/mol. The molecule has 1 fully saturated rings. The summed E-state index contributed by atoms with van der Waals surface area (Å²) in [5.41, 5.74) is 3.03. The van der Waals surface area contributed by atoms with E-state index < -0.39 is 0 Å². The zero-order valence-corrected chi connectivity index (χ0v) is 13.9. The Balaban J connectivity index is 1.40. The molecule has 4 rings (SSSR count). The van der Waals surface area contributed by atoms with E-state index in [0.29, 0.717) is 18.8 Å². The van der Waals surface area contributed by atoms with Crippen LogP contribution in [0.5, 0.6) is 0 Å². The van der Waals surface area contributed by atoms with Gasteiger partial charge in [0, 0.05) is 38.9 Å². The van der Waals surface area contributed by atoms with E-state index in [1.54, 1.807) is 6.20 Å². The van der Waals surface area contributed by atoms with Gasteiger partial charge in [-0.2, -0.15) is 0 Å². The van der Waals surface area contributed by atoms with E-state index in [2.05, 4.69) is 19.9 Å². The smallest absolute Gasteiger partial charge is 0.274 e. The highest BCUT2D eigenvalue weighted by Gasteiger charge is 2.23. The zero-order chi connectivity index (χ0) is 17.1. The molecule has 1 aliphatic rings. The van der Waals surface area contributed by atoms with Crippen LogP contribution in [0.1, 0.15) is 16.2 Å². The highest BCUT2D eigenvalue weighted by atomic mass is 16.2. The predicted octanol–water partition coefficient (Wildman–Crippen LogP) is 1.98. The van der Waals surface area contributed by atoms with Gasteiger partial charge in [0.25, 0.3) is 5.91 Å². The van der Waals surface area contributed by atoms with E-state index in [9.17, 15) is 4.79 Å².